The minimum absolute atomic E-state index is 0.0695. The third-order valence-corrected chi connectivity index (χ3v) is 5.83. The van der Waals surface area contributed by atoms with Gasteiger partial charge in [0.1, 0.15) is 0 Å². The molecule has 1 N–H and O–H groups in total. The van der Waals surface area contributed by atoms with Crippen molar-refractivity contribution in [1.82, 2.24) is 9.62 Å². The molecule has 0 aromatic rings. The number of ether oxygens (including phenoxy) is 1. The number of hydrogen-bond donors (Lipinski definition) is 1. The number of methoxy groups -OCH3 is 1. The van der Waals surface area contributed by atoms with Gasteiger partial charge in [-0.05, 0) is 45.1 Å². The second-order valence-electron chi connectivity index (χ2n) is 5.61. The predicted molar refractivity (Wildman–Crippen MR) is 75.6 cm³/mol. The Kier molecular flexibility index (Phi) is 5.62. The van der Waals surface area contributed by atoms with Crippen molar-refractivity contribution in [2.24, 2.45) is 0 Å². The molecule has 19 heavy (non-hydrogen) atoms. The molecule has 112 valence electrons. The van der Waals surface area contributed by atoms with Gasteiger partial charge in [0.05, 0.1) is 11.9 Å². The highest BCUT2D eigenvalue weighted by molar-refractivity contribution is 7.89. The molecule has 0 radical (unpaired) electrons. The number of hydrogen-bond acceptors (Lipinski definition) is 4. The Morgan fingerprint density at radius 3 is 2.74 bits per heavy atom. The van der Waals surface area contributed by atoms with E-state index in [-0.39, 0.29) is 11.9 Å². The molecule has 0 bridgehead atoms. The maximum Gasteiger partial charge on any atom is 0.214 e. The van der Waals surface area contributed by atoms with Crippen LogP contribution in [0.4, 0.5) is 0 Å². The first-order chi connectivity index (χ1) is 9.12. The van der Waals surface area contributed by atoms with Gasteiger partial charge in [-0.15, -0.1) is 0 Å². The van der Waals surface area contributed by atoms with Crippen LogP contribution >= 0.6 is 0 Å². The third-order valence-electron chi connectivity index (χ3n) is 3.91. The van der Waals surface area contributed by atoms with Crippen LogP contribution in [-0.2, 0) is 14.8 Å². The fourth-order valence-electron chi connectivity index (χ4n) is 2.48. The van der Waals surface area contributed by atoms with Gasteiger partial charge in [-0.3, -0.25) is 0 Å². The molecule has 2 rings (SSSR count). The van der Waals surface area contributed by atoms with Crippen molar-refractivity contribution < 1.29 is 13.2 Å². The van der Waals surface area contributed by atoms with Crippen LogP contribution in [0.2, 0.25) is 0 Å². The third kappa shape index (κ3) is 5.02. The molecule has 5 nitrogen and oxygen atoms in total. The molecule has 2 fully saturated rings. The Morgan fingerprint density at radius 2 is 2.05 bits per heavy atom. The SMILES string of the molecule is COC1CCCN(S(=O)(=O)CCCCNC2CC2)C1. The van der Waals surface area contributed by atoms with E-state index in [9.17, 15) is 8.42 Å². The van der Waals surface area contributed by atoms with Crippen molar-refractivity contribution in [3.8, 4) is 0 Å². The standard InChI is InChI=1S/C13H26N2O3S/c1-18-13-5-4-9-15(11-13)19(16,17)10-3-2-8-14-12-6-7-12/h12-14H,2-11H2,1H3. The summed E-state index contributed by atoms with van der Waals surface area (Å²) in [4.78, 5) is 0. The van der Waals surface area contributed by atoms with Gasteiger partial charge in [-0.25, -0.2) is 8.42 Å². The summed E-state index contributed by atoms with van der Waals surface area (Å²) in [5.41, 5.74) is 0. The maximum atomic E-state index is 12.2. The maximum absolute atomic E-state index is 12.2. The molecule has 1 atom stereocenters. The smallest absolute Gasteiger partial charge is 0.214 e. The Balaban J connectivity index is 1.67. The molecule has 2 aliphatic rings. The molecule has 1 saturated carbocycles. The molecule has 1 saturated heterocycles. The zero-order valence-corrected chi connectivity index (χ0v) is 12.6. The second-order valence-corrected chi connectivity index (χ2v) is 7.70. The fraction of sp³-hybridized carbons (Fsp3) is 1.00. The Labute approximate surface area is 116 Å². The van der Waals surface area contributed by atoms with Crippen molar-refractivity contribution in [3.63, 3.8) is 0 Å². The average molecular weight is 290 g/mol. The Morgan fingerprint density at radius 1 is 1.26 bits per heavy atom. The summed E-state index contributed by atoms with van der Waals surface area (Å²) < 4.78 is 31.3. The first-order valence-corrected chi connectivity index (χ1v) is 8.97. The van der Waals surface area contributed by atoms with Crippen LogP contribution < -0.4 is 5.32 Å². The molecule has 0 aromatic carbocycles. The molecule has 1 heterocycles. The zero-order valence-electron chi connectivity index (χ0n) is 11.8. The number of piperidine rings is 1. The molecule has 1 aliphatic heterocycles. The largest absolute Gasteiger partial charge is 0.380 e. The van der Waals surface area contributed by atoms with Crippen LogP contribution in [0, 0.1) is 0 Å². The van der Waals surface area contributed by atoms with Gasteiger partial charge in [0.25, 0.3) is 0 Å². The van der Waals surface area contributed by atoms with Crippen molar-refractivity contribution in [2.75, 3.05) is 32.5 Å². The summed E-state index contributed by atoms with van der Waals surface area (Å²) in [5, 5.41) is 3.41. The van der Waals surface area contributed by atoms with Crippen LogP contribution in [0.1, 0.15) is 38.5 Å². The van der Waals surface area contributed by atoms with Crippen molar-refractivity contribution >= 4 is 10.0 Å². The summed E-state index contributed by atoms with van der Waals surface area (Å²) in [5.74, 6) is 0.274. The average Bonchev–Trinajstić information content (AvgIpc) is 3.22. The summed E-state index contributed by atoms with van der Waals surface area (Å²) in [6.07, 6.45) is 6.19. The first-order valence-electron chi connectivity index (χ1n) is 7.36. The van der Waals surface area contributed by atoms with Crippen LogP contribution in [0.3, 0.4) is 0 Å². The highest BCUT2D eigenvalue weighted by atomic mass is 32.2. The number of unbranched alkanes of at least 4 members (excludes halogenated alkanes) is 1. The van der Waals surface area contributed by atoms with Crippen molar-refractivity contribution in [3.05, 3.63) is 0 Å². The van der Waals surface area contributed by atoms with Crippen LogP contribution in [0.15, 0.2) is 0 Å². The number of nitrogens with zero attached hydrogens (tertiary/aromatic N) is 1. The van der Waals surface area contributed by atoms with Crippen molar-refractivity contribution in [1.29, 1.82) is 0 Å². The van der Waals surface area contributed by atoms with Gasteiger partial charge >= 0.3 is 0 Å². The molecule has 0 aromatic heterocycles. The van der Waals surface area contributed by atoms with Crippen LogP contribution in [0.5, 0.6) is 0 Å². The zero-order chi connectivity index (χ0) is 13.7. The quantitative estimate of drug-likeness (QED) is 0.677. The molecule has 0 amide bonds. The summed E-state index contributed by atoms with van der Waals surface area (Å²) in [7, 11) is -1.43. The van der Waals surface area contributed by atoms with E-state index in [4.69, 9.17) is 4.74 Å². The van der Waals surface area contributed by atoms with Gasteiger partial charge < -0.3 is 10.1 Å². The van der Waals surface area contributed by atoms with E-state index in [1.165, 1.54) is 12.8 Å². The number of sulfonamides is 1. The lowest BCUT2D eigenvalue weighted by atomic mass is 10.1. The second kappa shape index (κ2) is 7.02. The monoisotopic (exact) mass is 290 g/mol. The topological polar surface area (TPSA) is 58.6 Å². The summed E-state index contributed by atoms with van der Waals surface area (Å²) in [6.45, 7) is 2.13. The Bertz CT molecular complexity index is 368. The minimum Gasteiger partial charge on any atom is -0.380 e. The number of nitrogens with one attached hydrogen (secondary N) is 1. The van der Waals surface area contributed by atoms with E-state index in [1.54, 1.807) is 11.4 Å². The predicted octanol–water partition coefficient (Wildman–Crippen LogP) is 0.959. The minimum atomic E-state index is -3.09. The number of rotatable bonds is 8. The van der Waals surface area contributed by atoms with E-state index in [0.29, 0.717) is 19.1 Å². The van der Waals surface area contributed by atoms with Crippen LogP contribution in [-0.4, -0.2) is 57.4 Å². The summed E-state index contributed by atoms with van der Waals surface area (Å²) >= 11 is 0. The van der Waals surface area contributed by atoms with Gasteiger partial charge in [-0.1, -0.05) is 0 Å². The molecule has 1 unspecified atom stereocenters. The van der Waals surface area contributed by atoms with E-state index in [1.807, 2.05) is 0 Å². The van der Waals surface area contributed by atoms with Gasteiger partial charge in [0.15, 0.2) is 0 Å². The van der Waals surface area contributed by atoms with Crippen molar-refractivity contribution in [2.45, 2.75) is 50.7 Å². The van der Waals surface area contributed by atoms with E-state index >= 15 is 0 Å². The first kappa shape index (κ1) is 15.2. The van der Waals surface area contributed by atoms with Gasteiger partial charge in [0.2, 0.25) is 10.0 Å². The lowest BCUT2D eigenvalue weighted by Crippen LogP contribution is -2.43. The molecule has 0 spiro atoms. The molecular weight excluding hydrogens is 264 g/mol. The Hall–Kier alpha value is -0.170. The highest BCUT2D eigenvalue weighted by Crippen LogP contribution is 2.19. The lowest BCUT2D eigenvalue weighted by molar-refractivity contribution is 0.0572. The van der Waals surface area contributed by atoms with E-state index in [2.05, 4.69) is 5.32 Å². The molecule has 6 heteroatoms. The highest BCUT2D eigenvalue weighted by Gasteiger charge is 2.28. The lowest BCUT2D eigenvalue weighted by Gasteiger charge is -2.31. The molecular formula is C13H26N2O3S. The van der Waals surface area contributed by atoms with Crippen LogP contribution in [0.25, 0.3) is 0 Å². The normalized spacial score (nSPS) is 25.6. The fourth-order valence-corrected chi connectivity index (χ4v) is 4.11. The molecule has 1 aliphatic carbocycles. The van der Waals surface area contributed by atoms with E-state index < -0.39 is 10.0 Å². The van der Waals surface area contributed by atoms with Gasteiger partial charge in [-0.2, -0.15) is 4.31 Å². The van der Waals surface area contributed by atoms with Gasteiger partial charge in [0, 0.05) is 26.2 Å². The summed E-state index contributed by atoms with van der Waals surface area (Å²) in [6, 6.07) is 0.709. The van der Waals surface area contributed by atoms with E-state index in [0.717, 1.165) is 32.2 Å².